The predicted molar refractivity (Wildman–Crippen MR) is 92.9 cm³/mol. The molecule has 1 aromatic carbocycles. The molecule has 0 saturated carbocycles. The summed E-state index contributed by atoms with van der Waals surface area (Å²) in [6.45, 7) is 0.280. The molecule has 6 nitrogen and oxygen atoms in total. The number of carbonyl (C=O) groups excluding carboxylic acids is 1. The number of methoxy groups -OCH3 is 1. The van der Waals surface area contributed by atoms with E-state index in [0.29, 0.717) is 25.1 Å². The van der Waals surface area contributed by atoms with Crippen LogP contribution in [0.2, 0.25) is 0 Å². The number of hydrogen-bond donors (Lipinski definition) is 4. The lowest BCUT2D eigenvalue weighted by molar-refractivity contribution is -0.122. The fourth-order valence-electron chi connectivity index (χ4n) is 2.15. The van der Waals surface area contributed by atoms with Crippen LogP contribution in [0.3, 0.4) is 0 Å². The van der Waals surface area contributed by atoms with Crippen molar-refractivity contribution in [1.82, 2.24) is 5.32 Å². The van der Waals surface area contributed by atoms with Crippen LogP contribution in [0.1, 0.15) is 12.0 Å². The van der Waals surface area contributed by atoms with Crippen LogP contribution in [0.25, 0.3) is 0 Å². The Bertz CT molecular complexity index is 499. The Kier molecular flexibility index (Phi) is 8.83. The van der Waals surface area contributed by atoms with E-state index in [1.54, 1.807) is 23.9 Å². The van der Waals surface area contributed by atoms with E-state index in [1.807, 2.05) is 12.3 Å². The minimum atomic E-state index is -0.521. The van der Waals surface area contributed by atoms with E-state index in [9.17, 15) is 15.0 Å². The van der Waals surface area contributed by atoms with Crippen molar-refractivity contribution in [2.75, 3.05) is 32.3 Å². The molecule has 0 spiro atoms. The average Bonchev–Trinajstić information content (AvgIpc) is 2.56. The molecule has 0 fully saturated rings. The Morgan fingerprint density at radius 1 is 1.48 bits per heavy atom. The second-order valence-corrected chi connectivity index (χ2v) is 6.38. The van der Waals surface area contributed by atoms with Gasteiger partial charge in [-0.2, -0.15) is 11.8 Å². The SMILES string of the molecule is COc1ccc(CC(CO)CNC(=O)C(N)CCSC)cc1O. The number of ether oxygens (including phenoxy) is 1. The number of phenolic OH excluding ortho intramolecular Hbond substituents is 1. The van der Waals surface area contributed by atoms with E-state index in [0.717, 1.165) is 11.3 Å². The van der Waals surface area contributed by atoms with Crippen molar-refractivity contribution >= 4 is 17.7 Å². The maximum atomic E-state index is 11.9. The van der Waals surface area contributed by atoms with Crippen molar-refractivity contribution in [3.63, 3.8) is 0 Å². The van der Waals surface area contributed by atoms with E-state index in [-0.39, 0.29) is 24.2 Å². The van der Waals surface area contributed by atoms with Crippen molar-refractivity contribution in [2.24, 2.45) is 11.7 Å². The smallest absolute Gasteiger partial charge is 0.236 e. The number of carbonyl (C=O) groups is 1. The monoisotopic (exact) mass is 342 g/mol. The third kappa shape index (κ3) is 6.68. The number of aliphatic hydroxyl groups excluding tert-OH is 1. The summed E-state index contributed by atoms with van der Waals surface area (Å²) in [5, 5.41) is 22.0. The van der Waals surface area contributed by atoms with Gasteiger partial charge in [0.1, 0.15) is 0 Å². The van der Waals surface area contributed by atoms with E-state index in [2.05, 4.69) is 5.32 Å². The van der Waals surface area contributed by atoms with Gasteiger partial charge in [0.15, 0.2) is 11.5 Å². The standard InChI is InChI=1S/C16H26N2O4S/c1-22-15-4-3-11(8-14(15)20)7-12(10-19)9-18-16(21)13(17)5-6-23-2/h3-4,8,12-13,19-20H,5-7,9-10,17H2,1-2H3,(H,18,21). The van der Waals surface area contributed by atoms with Crippen LogP contribution in [-0.2, 0) is 11.2 Å². The molecule has 0 saturated heterocycles. The molecule has 0 aliphatic heterocycles. The highest BCUT2D eigenvalue weighted by atomic mass is 32.2. The van der Waals surface area contributed by atoms with Crippen LogP contribution >= 0.6 is 11.8 Å². The molecule has 1 aromatic rings. The maximum Gasteiger partial charge on any atom is 0.236 e. The molecule has 7 heteroatoms. The van der Waals surface area contributed by atoms with Crippen LogP contribution < -0.4 is 15.8 Å². The number of phenols is 1. The summed E-state index contributed by atoms with van der Waals surface area (Å²) in [6, 6.07) is 4.59. The van der Waals surface area contributed by atoms with Crippen LogP contribution in [0.15, 0.2) is 18.2 Å². The highest BCUT2D eigenvalue weighted by molar-refractivity contribution is 7.98. The summed E-state index contributed by atoms with van der Waals surface area (Å²) in [5.74, 6) is 0.963. The molecule has 1 rings (SSSR count). The first kappa shape index (κ1) is 19.6. The summed E-state index contributed by atoms with van der Waals surface area (Å²) in [4.78, 5) is 11.9. The first-order valence-corrected chi connectivity index (χ1v) is 8.90. The van der Waals surface area contributed by atoms with E-state index >= 15 is 0 Å². The Balaban J connectivity index is 2.51. The van der Waals surface area contributed by atoms with E-state index < -0.39 is 6.04 Å². The van der Waals surface area contributed by atoms with Gasteiger partial charge in [0.25, 0.3) is 0 Å². The van der Waals surface area contributed by atoms with Crippen LogP contribution in [-0.4, -0.2) is 54.4 Å². The van der Waals surface area contributed by atoms with Crippen molar-refractivity contribution in [3.8, 4) is 11.5 Å². The molecule has 0 bridgehead atoms. The molecular weight excluding hydrogens is 316 g/mol. The van der Waals surface area contributed by atoms with Gasteiger partial charge in [0, 0.05) is 19.1 Å². The number of thioether (sulfide) groups is 1. The van der Waals surface area contributed by atoms with Crippen molar-refractivity contribution < 1.29 is 19.7 Å². The lowest BCUT2D eigenvalue weighted by atomic mass is 9.99. The first-order valence-electron chi connectivity index (χ1n) is 7.50. The maximum absolute atomic E-state index is 11.9. The molecule has 23 heavy (non-hydrogen) atoms. The molecule has 130 valence electrons. The average molecular weight is 342 g/mol. The molecule has 0 aliphatic rings. The van der Waals surface area contributed by atoms with Gasteiger partial charge in [-0.1, -0.05) is 6.07 Å². The molecule has 2 atom stereocenters. The van der Waals surface area contributed by atoms with E-state index in [4.69, 9.17) is 10.5 Å². The fourth-order valence-corrected chi connectivity index (χ4v) is 2.64. The van der Waals surface area contributed by atoms with Gasteiger partial charge in [0.2, 0.25) is 5.91 Å². The lowest BCUT2D eigenvalue weighted by Gasteiger charge is -2.18. The third-order valence-corrected chi connectivity index (χ3v) is 4.20. The minimum Gasteiger partial charge on any atom is -0.504 e. The van der Waals surface area contributed by atoms with E-state index in [1.165, 1.54) is 7.11 Å². The van der Waals surface area contributed by atoms with Gasteiger partial charge < -0.3 is 26.0 Å². The van der Waals surface area contributed by atoms with Gasteiger partial charge in [-0.05, 0) is 42.5 Å². The minimum absolute atomic E-state index is 0.0600. The third-order valence-electron chi connectivity index (χ3n) is 3.56. The summed E-state index contributed by atoms with van der Waals surface area (Å²) in [5.41, 5.74) is 6.66. The Morgan fingerprint density at radius 2 is 2.22 bits per heavy atom. The fraction of sp³-hybridized carbons (Fsp3) is 0.562. The zero-order valence-corrected chi connectivity index (χ0v) is 14.4. The zero-order chi connectivity index (χ0) is 17.2. The predicted octanol–water partition coefficient (Wildman–Crippen LogP) is 0.748. The summed E-state index contributed by atoms with van der Waals surface area (Å²) in [6.07, 6.45) is 3.13. The van der Waals surface area contributed by atoms with Gasteiger partial charge >= 0.3 is 0 Å². The Labute approximate surface area is 141 Å². The molecule has 0 aromatic heterocycles. The van der Waals surface area contributed by atoms with Gasteiger partial charge in [-0.3, -0.25) is 4.79 Å². The molecular formula is C16H26N2O4S. The molecule has 1 amide bonds. The first-order chi connectivity index (χ1) is 11.0. The molecule has 5 N–H and O–H groups in total. The second kappa shape index (κ2) is 10.4. The summed E-state index contributed by atoms with van der Waals surface area (Å²) < 4.78 is 5.00. The lowest BCUT2D eigenvalue weighted by Crippen LogP contribution is -2.43. The Morgan fingerprint density at radius 3 is 2.78 bits per heavy atom. The molecule has 2 unspecified atom stereocenters. The number of nitrogens with two attached hydrogens (primary N) is 1. The quantitative estimate of drug-likeness (QED) is 0.500. The van der Waals surface area contributed by atoms with Crippen LogP contribution in [0, 0.1) is 5.92 Å². The van der Waals surface area contributed by atoms with Crippen LogP contribution in [0.4, 0.5) is 0 Å². The van der Waals surface area contributed by atoms with Crippen molar-refractivity contribution in [2.45, 2.75) is 18.9 Å². The number of nitrogens with one attached hydrogen (secondary N) is 1. The normalized spacial score (nSPS) is 13.4. The molecule has 0 radical (unpaired) electrons. The largest absolute Gasteiger partial charge is 0.504 e. The number of benzene rings is 1. The second-order valence-electron chi connectivity index (χ2n) is 5.39. The van der Waals surface area contributed by atoms with Crippen molar-refractivity contribution in [3.05, 3.63) is 23.8 Å². The van der Waals surface area contributed by atoms with Crippen molar-refractivity contribution in [1.29, 1.82) is 0 Å². The van der Waals surface area contributed by atoms with Gasteiger partial charge in [-0.25, -0.2) is 0 Å². The molecule has 0 aliphatic carbocycles. The topological polar surface area (TPSA) is 105 Å². The highest BCUT2D eigenvalue weighted by Crippen LogP contribution is 2.27. The number of aromatic hydroxyl groups is 1. The zero-order valence-electron chi connectivity index (χ0n) is 13.6. The number of amides is 1. The Hall–Kier alpha value is -1.44. The molecule has 0 heterocycles. The highest BCUT2D eigenvalue weighted by Gasteiger charge is 2.16. The summed E-state index contributed by atoms with van der Waals surface area (Å²) in [7, 11) is 1.49. The summed E-state index contributed by atoms with van der Waals surface area (Å²) >= 11 is 1.65. The van der Waals surface area contributed by atoms with Crippen LogP contribution in [0.5, 0.6) is 11.5 Å². The number of aliphatic hydroxyl groups is 1. The number of rotatable bonds is 10. The number of hydrogen-bond acceptors (Lipinski definition) is 6. The van der Waals surface area contributed by atoms with Gasteiger partial charge in [-0.15, -0.1) is 0 Å². The van der Waals surface area contributed by atoms with Gasteiger partial charge in [0.05, 0.1) is 13.2 Å².